The zero-order valence-electron chi connectivity index (χ0n) is 8.46. The monoisotopic (exact) mass is 180 g/mol. The van der Waals surface area contributed by atoms with Crippen LogP contribution in [0.2, 0.25) is 0 Å². The lowest BCUT2D eigenvalue weighted by Crippen LogP contribution is -1.95. The van der Waals surface area contributed by atoms with E-state index in [9.17, 15) is 0 Å². The van der Waals surface area contributed by atoms with Crippen molar-refractivity contribution in [3.8, 4) is 11.5 Å². The fourth-order valence-corrected chi connectivity index (χ4v) is 1.42. The summed E-state index contributed by atoms with van der Waals surface area (Å²) < 4.78 is 10.5. The van der Waals surface area contributed by atoms with Crippen LogP contribution in [0.1, 0.15) is 18.9 Å². The van der Waals surface area contributed by atoms with E-state index in [1.807, 2.05) is 12.1 Å². The van der Waals surface area contributed by atoms with Crippen molar-refractivity contribution in [1.29, 1.82) is 0 Å². The van der Waals surface area contributed by atoms with E-state index in [1.54, 1.807) is 14.2 Å². The summed E-state index contributed by atoms with van der Waals surface area (Å²) in [5.41, 5.74) is 1.21. The van der Waals surface area contributed by atoms with Crippen LogP contribution in [0.5, 0.6) is 11.5 Å². The Balaban J connectivity index is 3.03. The fourth-order valence-electron chi connectivity index (χ4n) is 1.42. The molecule has 0 fully saturated rings. The average molecular weight is 180 g/mol. The van der Waals surface area contributed by atoms with Crippen molar-refractivity contribution in [2.24, 2.45) is 0 Å². The van der Waals surface area contributed by atoms with E-state index < -0.39 is 0 Å². The molecular weight excluding hydrogens is 164 g/mol. The summed E-state index contributed by atoms with van der Waals surface area (Å²) in [7, 11) is 3.34. The van der Waals surface area contributed by atoms with E-state index in [0.717, 1.165) is 24.3 Å². The minimum Gasteiger partial charge on any atom is -0.493 e. The summed E-state index contributed by atoms with van der Waals surface area (Å²) in [6.07, 6.45) is 2.14. The highest BCUT2D eigenvalue weighted by Crippen LogP contribution is 2.31. The third kappa shape index (κ3) is 2.14. The molecule has 1 aromatic rings. The van der Waals surface area contributed by atoms with Crippen LogP contribution in [0.15, 0.2) is 18.2 Å². The van der Waals surface area contributed by atoms with E-state index in [-0.39, 0.29) is 0 Å². The predicted molar refractivity (Wildman–Crippen MR) is 53.5 cm³/mol. The van der Waals surface area contributed by atoms with Crippen molar-refractivity contribution in [2.75, 3.05) is 14.2 Å². The number of para-hydroxylation sites is 1. The molecule has 0 amide bonds. The molecule has 0 atom stereocenters. The van der Waals surface area contributed by atoms with Crippen LogP contribution >= 0.6 is 0 Å². The second kappa shape index (κ2) is 4.75. The molecule has 13 heavy (non-hydrogen) atoms. The van der Waals surface area contributed by atoms with E-state index in [2.05, 4.69) is 13.0 Å². The van der Waals surface area contributed by atoms with Crippen molar-refractivity contribution < 1.29 is 9.47 Å². The van der Waals surface area contributed by atoms with Gasteiger partial charge in [0.2, 0.25) is 0 Å². The first kappa shape index (κ1) is 9.90. The fraction of sp³-hybridized carbons (Fsp3) is 0.455. The van der Waals surface area contributed by atoms with E-state index in [0.29, 0.717) is 0 Å². The van der Waals surface area contributed by atoms with Crippen molar-refractivity contribution in [3.63, 3.8) is 0 Å². The quantitative estimate of drug-likeness (QED) is 0.709. The predicted octanol–water partition coefficient (Wildman–Crippen LogP) is 2.66. The lowest BCUT2D eigenvalue weighted by molar-refractivity contribution is 0.351. The van der Waals surface area contributed by atoms with Gasteiger partial charge in [-0.25, -0.2) is 0 Å². The Morgan fingerprint density at radius 3 is 2.46 bits per heavy atom. The zero-order chi connectivity index (χ0) is 9.68. The molecule has 0 aliphatic heterocycles. The van der Waals surface area contributed by atoms with Crippen LogP contribution in [0.3, 0.4) is 0 Å². The van der Waals surface area contributed by atoms with Crippen LogP contribution in [0.4, 0.5) is 0 Å². The molecule has 0 spiro atoms. The van der Waals surface area contributed by atoms with Crippen molar-refractivity contribution >= 4 is 0 Å². The molecule has 0 aliphatic carbocycles. The molecule has 1 aromatic carbocycles. The van der Waals surface area contributed by atoms with Gasteiger partial charge in [0.1, 0.15) is 0 Å². The van der Waals surface area contributed by atoms with E-state index >= 15 is 0 Å². The Labute approximate surface area is 79.5 Å². The van der Waals surface area contributed by atoms with Crippen LogP contribution < -0.4 is 9.47 Å². The minimum atomic E-state index is 0.813. The lowest BCUT2D eigenvalue weighted by Gasteiger charge is -2.11. The Bertz CT molecular complexity index is 269. The second-order valence-corrected chi connectivity index (χ2v) is 2.90. The Kier molecular flexibility index (Phi) is 3.62. The van der Waals surface area contributed by atoms with Gasteiger partial charge in [0, 0.05) is 0 Å². The summed E-state index contributed by atoms with van der Waals surface area (Å²) in [5, 5.41) is 0. The molecule has 2 heteroatoms. The van der Waals surface area contributed by atoms with Gasteiger partial charge in [0.15, 0.2) is 11.5 Å². The van der Waals surface area contributed by atoms with Crippen LogP contribution in [0, 0.1) is 0 Å². The molecular formula is C11H16O2. The molecule has 72 valence electrons. The van der Waals surface area contributed by atoms with Gasteiger partial charge in [0.25, 0.3) is 0 Å². The number of hydrogen-bond donors (Lipinski definition) is 0. The molecule has 0 unspecified atom stereocenters. The first-order valence-electron chi connectivity index (χ1n) is 4.53. The smallest absolute Gasteiger partial charge is 0.163 e. The molecule has 0 aliphatic rings. The van der Waals surface area contributed by atoms with Gasteiger partial charge in [-0.05, 0) is 18.1 Å². The van der Waals surface area contributed by atoms with Gasteiger partial charge >= 0.3 is 0 Å². The Hall–Kier alpha value is -1.18. The first-order valence-corrected chi connectivity index (χ1v) is 4.53. The van der Waals surface area contributed by atoms with Gasteiger partial charge in [0.05, 0.1) is 14.2 Å². The Morgan fingerprint density at radius 2 is 1.92 bits per heavy atom. The Morgan fingerprint density at radius 1 is 1.15 bits per heavy atom. The number of ether oxygens (including phenoxy) is 2. The maximum Gasteiger partial charge on any atom is 0.163 e. The molecule has 0 saturated heterocycles. The van der Waals surface area contributed by atoms with E-state index in [4.69, 9.17) is 9.47 Å². The first-order chi connectivity index (χ1) is 6.33. The highest BCUT2D eigenvalue weighted by atomic mass is 16.5. The summed E-state index contributed by atoms with van der Waals surface area (Å²) in [5.74, 6) is 1.68. The molecule has 0 heterocycles. The average Bonchev–Trinajstić information content (AvgIpc) is 2.18. The topological polar surface area (TPSA) is 18.5 Å². The van der Waals surface area contributed by atoms with Gasteiger partial charge in [-0.1, -0.05) is 25.5 Å². The van der Waals surface area contributed by atoms with Crippen LogP contribution in [-0.2, 0) is 6.42 Å². The van der Waals surface area contributed by atoms with Crippen LogP contribution in [-0.4, -0.2) is 14.2 Å². The second-order valence-electron chi connectivity index (χ2n) is 2.90. The lowest BCUT2D eigenvalue weighted by atomic mass is 10.1. The standard InChI is InChI=1S/C11H16O2/c1-4-6-9-7-5-8-10(12-2)11(9)13-3/h5,7-8H,4,6H2,1-3H3. The summed E-state index contributed by atoms with van der Waals surface area (Å²) >= 11 is 0. The summed E-state index contributed by atoms with van der Waals surface area (Å²) in [6.45, 7) is 2.15. The van der Waals surface area contributed by atoms with Crippen molar-refractivity contribution in [3.05, 3.63) is 23.8 Å². The number of benzene rings is 1. The van der Waals surface area contributed by atoms with Gasteiger partial charge in [-0.3, -0.25) is 0 Å². The number of aryl methyl sites for hydroxylation is 1. The zero-order valence-corrected chi connectivity index (χ0v) is 8.46. The number of hydrogen-bond acceptors (Lipinski definition) is 2. The maximum atomic E-state index is 5.29. The highest BCUT2D eigenvalue weighted by Gasteiger charge is 2.07. The SMILES string of the molecule is CCCc1cccc(OC)c1OC. The van der Waals surface area contributed by atoms with Gasteiger partial charge in [-0.2, -0.15) is 0 Å². The minimum absolute atomic E-state index is 0.813. The largest absolute Gasteiger partial charge is 0.493 e. The highest BCUT2D eigenvalue weighted by molar-refractivity contribution is 5.46. The maximum absolute atomic E-state index is 5.29. The molecule has 0 N–H and O–H groups in total. The number of rotatable bonds is 4. The summed E-state index contributed by atoms with van der Waals surface area (Å²) in [6, 6.07) is 5.98. The third-order valence-electron chi connectivity index (χ3n) is 2.00. The van der Waals surface area contributed by atoms with Crippen molar-refractivity contribution in [1.82, 2.24) is 0 Å². The molecule has 2 nitrogen and oxygen atoms in total. The van der Waals surface area contributed by atoms with Crippen LogP contribution in [0.25, 0.3) is 0 Å². The third-order valence-corrected chi connectivity index (χ3v) is 2.00. The summed E-state index contributed by atoms with van der Waals surface area (Å²) in [4.78, 5) is 0. The van der Waals surface area contributed by atoms with Gasteiger partial charge in [-0.15, -0.1) is 0 Å². The van der Waals surface area contributed by atoms with Gasteiger partial charge < -0.3 is 9.47 Å². The molecule has 1 rings (SSSR count). The molecule has 0 radical (unpaired) electrons. The molecule has 0 bridgehead atoms. The van der Waals surface area contributed by atoms with Crippen molar-refractivity contribution in [2.45, 2.75) is 19.8 Å². The van der Waals surface area contributed by atoms with E-state index in [1.165, 1.54) is 5.56 Å². The number of methoxy groups -OCH3 is 2. The molecule has 0 aromatic heterocycles. The normalized spacial score (nSPS) is 9.77. The molecule has 0 saturated carbocycles.